The number of likely N-dealkylation sites (tertiary alicyclic amines) is 1. The second kappa shape index (κ2) is 10.4. The summed E-state index contributed by atoms with van der Waals surface area (Å²) in [6.07, 6.45) is 2.00. The van der Waals surface area contributed by atoms with Crippen molar-refractivity contribution in [2.75, 3.05) is 23.6 Å². The van der Waals surface area contributed by atoms with E-state index >= 15 is 0 Å². The number of para-hydroxylation sites is 1. The van der Waals surface area contributed by atoms with Gasteiger partial charge in [-0.25, -0.2) is 0 Å². The Labute approximate surface area is 259 Å². The normalized spacial score (nSPS) is 32.6. The third-order valence-corrected chi connectivity index (χ3v) is 10.8. The third-order valence-electron chi connectivity index (χ3n) is 8.68. The lowest BCUT2D eigenvalue weighted by molar-refractivity contribution is -0.138. The second-order valence-electron chi connectivity index (χ2n) is 10.6. The summed E-state index contributed by atoms with van der Waals surface area (Å²) in [6.45, 7) is -0.257. The Kier molecular flexibility index (Phi) is 7.26. The summed E-state index contributed by atoms with van der Waals surface area (Å²) in [5, 5.41) is 9.88. The molecule has 8 nitrogen and oxygen atoms in total. The van der Waals surface area contributed by atoms with E-state index in [1.54, 1.807) is 48.5 Å². The van der Waals surface area contributed by atoms with Crippen molar-refractivity contribution in [1.29, 1.82) is 0 Å². The first-order valence-corrected chi connectivity index (χ1v) is 15.3. The number of aliphatic hydroxyl groups is 1. The smallest absolute Gasteiger partial charge is 0.254 e. The van der Waals surface area contributed by atoms with Crippen LogP contribution in [-0.4, -0.2) is 62.1 Å². The number of hydrogen-bond acceptors (Lipinski definition) is 6. The van der Waals surface area contributed by atoms with E-state index in [-0.39, 0.29) is 37.4 Å². The number of amides is 4. The molecular weight excluding hydrogens is 659 g/mol. The molecule has 1 saturated carbocycles. The molecule has 214 valence electrons. The summed E-state index contributed by atoms with van der Waals surface area (Å²) in [5.41, 5.74) is 1.45. The summed E-state index contributed by atoms with van der Waals surface area (Å²) in [6, 6.07) is 13.4. The highest BCUT2D eigenvalue weighted by Gasteiger charge is 2.76. The molecule has 2 saturated heterocycles. The monoisotopic (exact) mass is 680 g/mol. The Balaban J connectivity index is 1.52. The van der Waals surface area contributed by atoms with E-state index in [4.69, 9.17) is 39.5 Å². The highest BCUT2D eigenvalue weighted by atomic mass is 79.9. The van der Waals surface area contributed by atoms with E-state index in [1.165, 1.54) is 4.90 Å². The van der Waals surface area contributed by atoms with Crippen LogP contribution < -0.4 is 9.64 Å². The molecule has 3 fully saturated rings. The number of imide groups is 2. The molecule has 2 aliphatic carbocycles. The van der Waals surface area contributed by atoms with Crippen LogP contribution in [0.15, 0.2) is 60.2 Å². The van der Waals surface area contributed by atoms with Gasteiger partial charge in [0.1, 0.15) is 12.4 Å². The molecule has 6 rings (SSSR count). The molecule has 0 bridgehead atoms. The van der Waals surface area contributed by atoms with Gasteiger partial charge in [-0.15, -0.1) is 23.2 Å². The third kappa shape index (κ3) is 3.96. The summed E-state index contributed by atoms with van der Waals surface area (Å²) in [5.74, 6) is -4.80. The van der Waals surface area contributed by atoms with Crippen LogP contribution in [0, 0.1) is 17.8 Å². The fourth-order valence-corrected chi connectivity index (χ4v) is 8.49. The summed E-state index contributed by atoms with van der Waals surface area (Å²) < 4.78 is 5.83. The minimum Gasteiger partial charge on any atom is -0.491 e. The highest BCUT2D eigenvalue weighted by Crippen LogP contribution is 2.66. The molecule has 2 aliphatic heterocycles. The molecule has 4 aliphatic rings. The fraction of sp³-hybridized carbons (Fsp3) is 0.379. The highest BCUT2D eigenvalue weighted by molar-refractivity contribution is 9.09. The Morgan fingerprint density at radius 3 is 2.37 bits per heavy atom. The van der Waals surface area contributed by atoms with Crippen LogP contribution in [0.1, 0.15) is 24.3 Å². The van der Waals surface area contributed by atoms with Crippen molar-refractivity contribution in [2.24, 2.45) is 17.8 Å². The average molecular weight is 683 g/mol. The number of benzene rings is 2. The van der Waals surface area contributed by atoms with Crippen molar-refractivity contribution in [1.82, 2.24) is 4.90 Å². The largest absolute Gasteiger partial charge is 0.491 e. The van der Waals surface area contributed by atoms with Crippen LogP contribution in [0.25, 0.3) is 0 Å². The average Bonchev–Trinajstić information content (AvgIpc) is 3.30. The zero-order chi connectivity index (χ0) is 29.3. The number of rotatable bonds is 6. The van der Waals surface area contributed by atoms with Gasteiger partial charge in [-0.2, -0.15) is 0 Å². The number of halogens is 4. The van der Waals surface area contributed by atoms with Gasteiger partial charge in [0, 0.05) is 16.5 Å². The van der Waals surface area contributed by atoms with Gasteiger partial charge in [0.15, 0.2) is 9.75 Å². The van der Waals surface area contributed by atoms with Crippen molar-refractivity contribution in [3.8, 4) is 5.75 Å². The van der Waals surface area contributed by atoms with Crippen LogP contribution >= 0.6 is 50.7 Å². The van der Waals surface area contributed by atoms with E-state index in [0.29, 0.717) is 27.6 Å². The quantitative estimate of drug-likeness (QED) is 0.207. The number of hydrogen-bond donors (Lipinski definition) is 1. The Morgan fingerprint density at radius 1 is 0.976 bits per heavy atom. The van der Waals surface area contributed by atoms with Gasteiger partial charge < -0.3 is 9.84 Å². The number of aliphatic hydroxyl groups excluding tert-OH is 1. The summed E-state index contributed by atoms with van der Waals surface area (Å²) >= 11 is 23.8. The van der Waals surface area contributed by atoms with Gasteiger partial charge >= 0.3 is 0 Å². The number of carbonyl (C=O) groups is 4. The number of anilines is 1. The standard InChI is InChI=1S/C29H24BrCl3N2O6/c30-14-34-26(39)28(32)13-20-17(23(29(28,33)27(34)40)18-3-1-2-4-21(18)41-12-11-36)9-10-19-22(20)25(38)35(24(19)37)16-7-5-15(31)6-8-16/h1-9,19-20,22-23,36H,10-14H2/t19-,20+,22-,23+,28+,29-/m0/s1. The number of ether oxygens (including phenoxy) is 1. The van der Waals surface area contributed by atoms with Crippen molar-refractivity contribution in [3.05, 3.63) is 70.8 Å². The fourth-order valence-electron chi connectivity index (χ4n) is 6.95. The molecule has 0 aromatic heterocycles. The maximum atomic E-state index is 14.0. The number of nitrogens with zero attached hydrogens (tertiary/aromatic N) is 2. The van der Waals surface area contributed by atoms with Gasteiger partial charge in [0.05, 0.1) is 29.6 Å². The van der Waals surface area contributed by atoms with Gasteiger partial charge in [0.25, 0.3) is 11.8 Å². The van der Waals surface area contributed by atoms with E-state index in [2.05, 4.69) is 15.9 Å². The molecule has 2 heterocycles. The van der Waals surface area contributed by atoms with Gasteiger partial charge in [-0.05, 0) is 49.1 Å². The van der Waals surface area contributed by atoms with E-state index in [0.717, 1.165) is 4.90 Å². The molecule has 2 aromatic carbocycles. The van der Waals surface area contributed by atoms with Gasteiger partial charge in [0.2, 0.25) is 11.8 Å². The lowest BCUT2D eigenvalue weighted by atomic mass is 9.56. The van der Waals surface area contributed by atoms with E-state index < -0.39 is 51.1 Å². The van der Waals surface area contributed by atoms with Gasteiger partial charge in [-0.1, -0.05) is 57.4 Å². The molecule has 12 heteroatoms. The van der Waals surface area contributed by atoms with Crippen LogP contribution in [-0.2, 0) is 19.2 Å². The first kappa shape index (κ1) is 28.7. The molecular formula is C29H24BrCl3N2O6. The minimum atomic E-state index is -1.94. The van der Waals surface area contributed by atoms with E-state index in [1.807, 2.05) is 6.08 Å². The van der Waals surface area contributed by atoms with Crippen molar-refractivity contribution in [3.63, 3.8) is 0 Å². The Morgan fingerprint density at radius 2 is 1.68 bits per heavy atom. The first-order chi connectivity index (χ1) is 19.6. The molecule has 41 heavy (non-hydrogen) atoms. The molecule has 0 unspecified atom stereocenters. The van der Waals surface area contributed by atoms with E-state index in [9.17, 15) is 24.3 Å². The predicted molar refractivity (Wildman–Crippen MR) is 156 cm³/mol. The molecule has 1 N–H and O–H groups in total. The lowest BCUT2D eigenvalue weighted by Gasteiger charge is -2.51. The zero-order valence-electron chi connectivity index (χ0n) is 21.4. The van der Waals surface area contributed by atoms with Crippen LogP contribution in [0.2, 0.25) is 5.02 Å². The van der Waals surface area contributed by atoms with Crippen LogP contribution in [0.4, 0.5) is 5.69 Å². The topological polar surface area (TPSA) is 104 Å². The molecule has 4 amide bonds. The minimum absolute atomic E-state index is 0.0122. The Bertz CT molecular complexity index is 1500. The molecule has 2 aromatic rings. The van der Waals surface area contributed by atoms with Crippen molar-refractivity contribution < 1.29 is 29.0 Å². The number of alkyl halides is 3. The summed E-state index contributed by atoms with van der Waals surface area (Å²) in [4.78, 5) is 53.7. The maximum Gasteiger partial charge on any atom is 0.254 e. The number of allylic oxidation sites excluding steroid dienone is 2. The first-order valence-electron chi connectivity index (χ1n) is 13.1. The van der Waals surface area contributed by atoms with Crippen molar-refractivity contribution in [2.45, 2.75) is 28.5 Å². The number of carbonyl (C=O) groups excluding carboxylic acids is 4. The number of fused-ring (bicyclic) bond motifs is 4. The molecule has 6 atom stereocenters. The van der Waals surface area contributed by atoms with Gasteiger partial charge in [-0.3, -0.25) is 29.0 Å². The Hall–Kier alpha value is -2.43. The zero-order valence-corrected chi connectivity index (χ0v) is 25.3. The summed E-state index contributed by atoms with van der Waals surface area (Å²) in [7, 11) is 0. The predicted octanol–water partition coefficient (Wildman–Crippen LogP) is 4.63. The maximum absolute atomic E-state index is 14.0. The lowest BCUT2D eigenvalue weighted by Crippen LogP contribution is -2.60. The van der Waals surface area contributed by atoms with Crippen LogP contribution in [0.3, 0.4) is 0 Å². The molecule has 0 radical (unpaired) electrons. The SMILES string of the molecule is O=C1[C@H]2[C@H](CC=C3[C@H]2C[C@@]2(Cl)C(=O)N(CBr)C(=O)[C@@]2(Cl)[C@H]3c2ccccc2OCCO)C(=O)N1c1ccc(Cl)cc1. The molecule has 0 spiro atoms. The van der Waals surface area contributed by atoms with Crippen LogP contribution in [0.5, 0.6) is 5.75 Å². The second-order valence-corrected chi connectivity index (χ2v) is 12.8. The van der Waals surface area contributed by atoms with Crippen molar-refractivity contribution >= 4 is 80.0 Å².